The summed E-state index contributed by atoms with van der Waals surface area (Å²) in [6, 6.07) is 11.3. The van der Waals surface area contributed by atoms with Crippen molar-refractivity contribution in [3.63, 3.8) is 0 Å². The summed E-state index contributed by atoms with van der Waals surface area (Å²) in [6.45, 7) is 0.0254. The molecule has 0 amide bonds. The van der Waals surface area contributed by atoms with Crippen molar-refractivity contribution in [1.29, 1.82) is 0 Å². The average molecular weight is 477 g/mol. The third kappa shape index (κ3) is 4.70. The van der Waals surface area contributed by atoms with Gasteiger partial charge in [-0.05, 0) is 35.9 Å². The number of hydrogen-bond acceptors (Lipinski definition) is 3. The molecule has 0 radical (unpaired) electrons. The maximum Gasteiger partial charge on any atom is 0.419 e. The molecule has 11 heteroatoms. The van der Waals surface area contributed by atoms with Crippen molar-refractivity contribution >= 4 is 22.2 Å². The minimum absolute atomic E-state index is 0.0254. The average Bonchev–Trinajstić information content (AvgIpc) is 3.25. The highest BCUT2D eigenvalue weighted by Crippen LogP contribution is 2.41. The Balaban J connectivity index is 1.90. The molecule has 0 aliphatic heterocycles. The summed E-state index contributed by atoms with van der Waals surface area (Å²) in [5.74, 6) is -0.245. The zero-order chi connectivity index (χ0) is 23.8. The summed E-state index contributed by atoms with van der Waals surface area (Å²) in [5, 5.41) is 0.558. The number of hydrogen-bond donors (Lipinski definition) is 3. The summed E-state index contributed by atoms with van der Waals surface area (Å²) in [7, 11) is 1.56. The molecule has 0 aliphatic carbocycles. The fraction of sp³-hybridized carbons (Fsp3) is 0.136. The predicted molar refractivity (Wildman–Crippen MR) is 118 cm³/mol. The molecule has 2 heterocycles. The van der Waals surface area contributed by atoms with Crippen molar-refractivity contribution in [2.45, 2.75) is 12.7 Å². The number of para-hydroxylation sites is 1. The van der Waals surface area contributed by atoms with E-state index in [1.54, 1.807) is 37.6 Å². The van der Waals surface area contributed by atoms with E-state index in [0.29, 0.717) is 27.6 Å². The Morgan fingerprint density at radius 3 is 2.61 bits per heavy atom. The first kappa shape index (κ1) is 22.8. The Hall–Kier alpha value is -3.41. The van der Waals surface area contributed by atoms with E-state index in [1.165, 1.54) is 28.8 Å². The highest BCUT2D eigenvalue weighted by atomic mass is 32.2. The van der Waals surface area contributed by atoms with Crippen molar-refractivity contribution in [2.24, 2.45) is 7.05 Å². The summed E-state index contributed by atoms with van der Waals surface area (Å²) >= 11 is -2.25. The molecule has 0 bridgehead atoms. The first-order chi connectivity index (χ1) is 15.6. The Bertz CT molecular complexity index is 1410. The van der Waals surface area contributed by atoms with Crippen LogP contribution in [0, 0.1) is 0 Å². The monoisotopic (exact) mass is 477 g/mol. The lowest BCUT2D eigenvalue weighted by molar-refractivity contribution is -0.138. The first-order valence-electron chi connectivity index (χ1n) is 9.63. The van der Waals surface area contributed by atoms with Crippen LogP contribution < -0.4 is 15.0 Å². The van der Waals surface area contributed by atoms with Crippen molar-refractivity contribution in [3.8, 4) is 22.6 Å². The lowest BCUT2D eigenvalue weighted by atomic mass is 10.00. The largest absolute Gasteiger partial charge is 0.456 e. The van der Waals surface area contributed by atoms with Crippen molar-refractivity contribution in [3.05, 3.63) is 82.4 Å². The van der Waals surface area contributed by atoms with Gasteiger partial charge in [0.05, 0.1) is 5.56 Å². The van der Waals surface area contributed by atoms with Gasteiger partial charge < -0.3 is 14.3 Å². The molecule has 1 atom stereocenters. The molecule has 4 rings (SSSR count). The number of benzene rings is 2. The second-order valence-electron chi connectivity index (χ2n) is 7.22. The van der Waals surface area contributed by atoms with E-state index in [-0.39, 0.29) is 23.6 Å². The van der Waals surface area contributed by atoms with Gasteiger partial charge in [0, 0.05) is 42.5 Å². The fourth-order valence-corrected chi connectivity index (χ4v) is 3.81. The molecule has 0 spiro atoms. The number of aryl methyl sites for hydroxylation is 1. The molecule has 3 N–H and O–H groups in total. The number of aromatic amines is 1. The standard InChI is InChI=1S/C22H18F3N3O4S/c1-28-12-16(14-8-9-26-20(14)21(28)29)15-10-13(11-27-33(30)31)6-7-18(15)32-19-5-3-2-4-17(19)22(23,24)25/h2-10,12,26-27H,11H2,1H3,(H,30,31). The molecule has 172 valence electrons. The van der Waals surface area contributed by atoms with Gasteiger partial charge in [0.25, 0.3) is 5.56 Å². The van der Waals surface area contributed by atoms with Crippen LogP contribution in [-0.2, 0) is 31.0 Å². The summed E-state index contributed by atoms with van der Waals surface area (Å²) in [4.78, 5) is 15.3. The van der Waals surface area contributed by atoms with Crippen LogP contribution in [0.5, 0.6) is 11.5 Å². The van der Waals surface area contributed by atoms with E-state index in [0.717, 1.165) is 6.07 Å². The smallest absolute Gasteiger partial charge is 0.419 e. The molecule has 7 nitrogen and oxygen atoms in total. The molecule has 2 aromatic carbocycles. The van der Waals surface area contributed by atoms with E-state index in [2.05, 4.69) is 9.71 Å². The van der Waals surface area contributed by atoms with Crippen LogP contribution in [-0.4, -0.2) is 18.3 Å². The molecular weight excluding hydrogens is 459 g/mol. The van der Waals surface area contributed by atoms with E-state index in [9.17, 15) is 22.2 Å². The number of rotatable bonds is 6. The summed E-state index contributed by atoms with van der Waals surface area (Å²) in [6.07, 6.45) is -1.45. The van der Waals surface area contributed by atoms with Crippen molar-refractivity contribution in [1.82, 2.24) is 14.3 Å². The molecule has 0 saturated carbocycles. The third-order valence-electron chi connectivity index (χ3n) is 5.04. The Morgan fingerprint density at radius 2 is 1.88 bits per heavy atom. The van der Waals surface area contributed by atoms with Crippen LogP contribution >= 0.6 is 0 Å². The van der Waals surface area contributed by atoms with E-state index in [4.69, 9.17) is 9.29 Å². The molecule has 33 heavy (non-hydrogen) atoms. The van der Waals surface area contributed by atoms with Crippen LogP contribution in [0.3, 0.4) is 0 Å². The second-order valence-corrected chi connectivity index (χ2v) is 8.01. The zero-order valence-electron chi connectivity index (χ0n) is 17.1. The van der Waals surface area contributed by atoms with Gasteiger partial charge in [0.1, 0.15) is 17.0 Å². The van der Waals surface area contributed by atoms with Crippen LogP contribution in [0.15, 0.2) is 65.7 Å². The lowest BCUT2D eigenvalue weighted by Gasteiger charge is -2.17. The summed E-state index contributed by atoms with van der Waals surface area (Å²) < 4.78 is 70.0. The Morgan fingerprint density at radius 1 is 1.12 bits per heavy atom. The number of H-pyrrole nitrogens is 1. The van der Waals surface area contributed by atoms with Gasteiger partial charge in [0.2, 0.25) is 11.3 Å². The van der Waals surface area contributed by atoms with Gasteiger partial charge in [-0.2, -0.15) is 13.2 Å². The predicted octanol–water partition coefficient (Wildman–Crippen LogP) is 4.57. The van der Waals surface area contributed by atoms with Crippen molar-refractivity contribution in [2.75, 3.05) is 0 Å². The number of fused-ring (bicyclic) bond motifs is 1. The highest BCUT2D eigenvalue weighted by Gasteiger charge is 2.34. The SMILES string of the molecule is Cn1cc(-c2cc(CNS(=O)O)ccc2Oc2ccccc2C(F)(F)F)c2cc[nH]c2c1=O. The number of ether oxygens (including phenoxy) is 1. The number of aromatic nitrogens is 2. The molecule has 0 aliphatic rings. The number of alkyl halides is 3. The maximum atomic E-state index is 13.5. The topological polar surface area (TPSA) is 96.3 Å². The number of halogens is 3. The summed E-state index contributed by atoms with van der Waals surface area (Å²) in [5.41, 5.74) is 0.676. The van der Waals surface area contributed by atoms with Crippen LogP contribution in [0.25, 0.3) is 22.0 Å². The quantitative estimate of drug-likeness (QED) is 0.355. The zero-order valence-corrected chi connectivity index (χ0v) is 18.0. The minimum atomic E-state index is -4.61. The number of pyridine rings is 1. The molecular formula is C22H18F3N3O4S. The van der Waals surface area contributed by atoms with E-state index < -0.39 is 23.0 Å². The van der Waals surface area contributed by atoms with Gasteiger partial charge in [0.15, 0.2) is 0 Å². The minimum Gasteiger partial charge on any atom is -0.456 e. The van der Waals surface area contributed by atoms with E-state index in [1.807, 2.05) is 0 Å². The third-order valence-corrected chi connectivity index (χ3v) is 5.43. The molecule has 0 saturated heterocycles. The number of nitrogens with zero attached hydrogens (tertiary/aromatic N) is 1. The highest BCUT2D eigenvalue weighted by molar-refractivity contribution is 7.77. The Labute approximate surface area is 188 Å². The van der Waals surface area contributed by atoms with Gasteiger partial charge in [-0.15, -0.1) is 0 Å². The second kappa shape index (κ2) is 8.85. The normalized spacial score (nSPS) is 12.8. The van der Waals surface area contributed by atoms with Crippen LogP contribution in [0.2, 0.25) is 0 Å². The molecule has 4 aromatic rings. The van der Waals surface area contributed by atoms with Gasteiger partial charge >= 0.3 is 6.18 Å². The van der Waals surface area contributed by atoms with E-state index >= 15 is 0 Å². The lowest BCUT2D eigenvalue weighted by Crippen LogP contribution is -2.17. The molecule has 2 aromatic heterocycles. The van der Waals surface area contributed by atoms with Crippen LogP contribution in [0.1, 0.15) is 11.1 Å². The van der Waals surface area contributed by atoms with Gasteiger partial charge in [-0.3, -0.25) is 9.35 Å². The maximum absolute atomic E-state index is 13.5. The first-order valence-corrected chi connectivity index (χ1v) is 10.7. The van der Waals surface area contributed by atoms with Gasteiger partial charge in [-0.1, -0.05) is 18.2 Å². The Kier molecular flexibility index (Phi) is 6.11. The molecule has 0 fully saturated rings. The van der Waals surface area contributed by atoms with Crippen molar-refractivity contribution < 1.29 is 26.7 Å². The van der Waals surface area contributed by atoms with Gasteiger partial charge in [-0.25, -0.2) is 8.93 Å². The number of nitrogens with one attached hydrogen (secondary N) is 2. The van der Waals surface area contributed by atoms with Crippen LogP contribution in [0.4, 0.5) is 13.2 Å². The fourth-order valence-electron chi connectivity index (χ4n) is 3.52. The molecule has 1 unspecified atom stereocenters.